The number of carbonyl (C=O) groups is 1. The van der Waals surface area contributed by atoms with Crippen molar-refractivity contribution < 1.29 is 24.6 Å². The number of nitrogens with zero attached hydrogens (tertiary/aromatic N) is 1. The van der Waals surface area contributed by atoms with E-state index in [2.05, 4.69) is 37.5 Å². The number of benzene rings is 2. The number of rotatable bonds is 15. The molecule has 8 nitrogen and oxygen atoms in total. The molecule has 2 aliphatic heterocycles. The largest absolute Gasteiger partial charge is 0.504 e. The van der Waals surface area contributed by atoms with Gasteiger partial charge in [0.25, 0.3) is 0 Å². The SMILES string of the molecule is CCCCC[C@@H](O)CC(=O)CCc1ccc(O)c(OC[NH+]2C=C3C([C@@]4(c5cccc(C(N)N)c5)CCC5(CCCC5)C4)=CN=C3C2)c1. The fraction of sp³-hybridized carbons (Fsp3) is 0.538. The predicted molar refractivity (Wildman–Crippen MR) is 185 cm³/mol. The highest BCUT2D eigenvalue weighted by Crippen LogP contribution is 2.62. The number of quaternary nitrogens is 1. The Bertz CT molecular complexity index is 1540. The molecule has 1 unspecified atom stereocenters. The molecule has 0 radical (unpaired) electrons. The number of unbranched alkanes of at least 4 members (excludes halogenated alkanes) is 2. The normalized spacial score (nSPS) is 23.6. The summed E-state index contributed by atoms with van der Waals surface area (Å²) in [6.07, 6.45) is 16.9. The van der Waals surface area contributed by atoms with Crippen LogP contribution in [0.5, 0.6) is 11.5 Å². The zero-order valence-electron chi connectivity index (χ0n) is 28.0. The molecule has 4 aliphatic rings. The van der Waals surface area contributed by atoms with Crippen LogP contribution in [0.25, 0.3) is 0 Å². The van der Waals surface area contributed by atoms with E-state index < -0.39 is 12.3 Å². The number of Topliss-reactive ketones (excluding diaryl/α,β-unsaturated/α-hetero) is 1. The smallest absolute Gasteiger partial charge is 0.227 e. The van der Waals surface area contributed by atoms with Crippen LogP contribution in [0.1, 0.15) is 113 Å². The van der Waals surface area contributed by atoms with Crippen molar-refractivity contribution in [3.05, 3.63) is 82.7 Å². The Hall–Kier alpha value is -3.30. The number of hydrogen-bond donors (Lipinski definition) is 5. The molecule has 47 heavy (non-hydrogen) atoms. The van der Waals surface area contributed by atoms with E-state index in [-0.39, 0.29) is 23.4 Å². The molecule has 6 rings (SSSR count). The van der Waals surface area contributed by atoms with E-state index >= 15 is 0 Å². The first-order chi connectivity index (χ1) is 22.7. The third-order valence-corrected chi connectivity index (χ3v) is 11.2. The van der Waals surface area contributed by atoms with Gasteiger partial charge >= 0.3 is 0 Å². The summed E-state index contributed by atoms with van der Waals surface area (Å²) in [7, 11) is 0. The van der Waals surface area contributed by atoms with Crippen LogP contribution in [0, 0.1) is 5.41 Å². The van der Waals surface area contributed by atoms with E-state index in [1.54, 1.807) is 6.07 Å². The van der Waals surface area contributed by atoms with E-state index in [4.69, 9.17) is 21.2 Å². The Balaban J connectivity index is 1.12. The fourth-order valence-corrected chi connectivity index (χ4v) is 8.59. The highest BCUT2D eigenvalue weighted by molar-refractivity contribution is 6.08. The summed E-state index contributed by atoms with van der Waals surface area (Å²) in [5.74, 6) is 0.562. The van der Waals surface area contributed by atoms with Gasteiger partial charge in [-0.3, -0.25) is 14.7 Å². The number of hydrogen-bond acceptors (Lipinski definition) is 7. The van der Waals surface area contributed by atoms with Gasteiger partial charge in [0.05, 0.1) is 17.8 Å². The van der Waals surface area contributed by atoms with Crippen LogP contribution in [0.2, 0.25) is 0 Å². The Morgan fingerprint density at radius 1 is 1.09 bits per heavy atom. The second-order valence-corrected chi connectivity index (χ2v) is 14.6. The quantitative estimate of drug-likeness (QED) is 0.133. The lowest BCUT2D eigenvalue weighted by atomic mass is 9.68. The minimum Gasteiger partial charge on any atom is -0.504 e. The molecule has 0 saturated heterocycles. The van der Waals surface area contributed by atoms with Crippen molar-refractivity contribution >= 4 is 11.5 Å². The lowest BCUT2D eigenvalue weighted by molar-refractivity contribution is -0.851. The molecular formula is C39H53N4O4+. The van der Waals surface area contributed by atoms with Crippen LogP contribution in [0.15, 0.2) is 71.0 Å². The van der Waals surface area contributed by atoms with Crippen LogP contribution in [-0.4, -0.2) is 41.1 Å². The third kappa shape index (κ3) is 7.41. The molecule has 0 bridgehead atoms. The first-order valence-corrected chi connectivity index (χ1v) is 17.8. The molecule has 252 valence electrons. The second-order valence-electron chi connectivity index (χ2n) is 14.6. The number of phenolic OH excluding ortho intramolecular Hbond substituents is 1. The number of nitrogens with two attached hydrogens (primary N) is 2. The molecule has 2 aliphatic carbocycles. The Morgan fingerprint density at radius 2 is 1.91 bits per heavy atom. The average Bonchev–Trinajstić information content (AvgIpc) is 3.86. The first-order valence-electron chi connectivity index (χ1n) is 17.8. The van der Waals surface area contributed by atoms with Crippen LogP contribution in [0.3, 0.4) is 0 Å². The van der Waals surface area contributed by atoms with Crippen molar-refractivity contribution in [1.29, 1.82) is 0 Å². The molecule has 1 spiro atoms. The molecule has 2 saturated carbocycles. The van der Waals surface area contributed by atoms with E-state index in [0.717, 1.165) is 60.4 Å². The lowest BCUT2D eigenvalue weighted by Crippen LogP contribution is -3.07. The summed E-state index contributed by atoms with van der Waals surface area (Å²) in [5.41, 5.74) is 19.3. The van der Waals surface area contributed by atoms with Gasteiger partial charge in [0.2, 0.25) is 6.73 Å². The molecule has 2 fully saturated rings. The summed E-state index contributed by atoms with van der Waals surface area (Å²) in [6, 6.07) is 13.9. The van der Waals surface area contributed by atoms with Crippen LogP contribution < -0.4 is 21.1 Å². The van der Waals surface area contributed by atoms with Gasteiger partial charge in [-0.2, -0.15) is 0 Å². The number of nitrogens with one attached hydrogen (secondary N) is 1. The highest BCUT2D eigenvalue weighted by Gasteiger charge is 2.54. The summed E-state index contributed by atoms with van der Waals surface area (Å²) in [5, 5.41) is 20.8. The van der Waals surface area contributed by atoms with Crippen molar-refractivity contribution in [2.45, 2.75) is 114 Å². The maximum absolute atomic E-state index is 12.5. The average molecular weight is 642 g/mol. The Labute approximate surface area is 279 Å². The number of allylic oxidation sites excluding steroid dienone is 1. The maximum atomic E-state index is 12.5. The van der Waals surface area contributed by atoms with Crippen molar-refractivity contribution in [2.24, 2.45) is 21.9 Å². The van der Waals surface area contributed by atoms with E-state index in [9.17, 15) is 15.0 Å². The molecule has 3 atom stereocenters. The van der Waals surface area contributed by atoms with Crippen molar-refractivity contribution in [1.82, 2.24) is 0 Å². The zero-order valence-corrected chi connectivity index (χ0v) is 28.0. The topological polar surface area (TPSA) is 136 Å². The molecular weight excluding hydrogens is 588 g/mol. The number of aromatic hydroxyl groups is 1. The molecule has 2 aromatic rings. The van der Waals surface area contributed by atoms with Gasteiger partial charge in [0, 0.05) is 24.5 Å². The minimum absolute atomic E-state index is 0.0605. The van der Waals surface area contributed by atoms with Crippen LogP contribution >= 0.6 is 0 Å². The number of aliphatic hydroxyl groups excluding tert-OH is 1. The van der Waals surface area contributed by atoms with E-state index in [1.807, 2.05) is 18.2 Å². The second kappa shape index (κ2) is 14.4. The van der Waals surface area contributed by atoms with Gasteiger partial charge in [-0.05, 0) is 84.8 Å². The molecule has 8 heteroatoms. The predicted octanol–water partition coefficient (Wildman–Crippen LogP) is 5.28. The van der Waals surface area contributed by atoms with Gasteiger partial charge in [-0.15, -0.1) is 0 Å². The number of fused-ring (bicyclic) bond motifs is 1. The van der Waals surface area contributed by atoms with E-state index in [1.165, 1.54) is 48.8 Å². The van der Waals surface area contributed by atoms with Crippen molar-refractivity contribution in [3.8, 4) is 11.5 Å². The van der Waals surface area contributed by atoms with Gasteiger partial charge in [-0.1, -0.05) is 69.4 Å². The highest BCUT2D eigenvalue weighted by atomic mass is 16.5. The summed E-state index contributed by atoms with van der Waals surface area (Å²) in [4.78, 5) is 18.6. The van der Waals surface area contributed by atoms with Gasteiger partial charge in [-0.25, -0.2) is 0 Å². The number of aliphatic imine (C=N–C) groups is 1. The van der Waals surface area contributed by atoms with Gasteiger partial charge in [0.1, 0.15) is 24.2 Å². The summed E-state index contributed by atoms with van der Waals surface area (Å²) < 4.78 is 6.18. The van der Waals surface area contributed by atoms with Gasteiger partial charge < -0.3 is 26.4 Å². The third-order valence-electron chi connectivity index (χ3n) is 11.2. The van der Waals surface area contributed by atoms with Crippen LogP contribution in [0.4, 0.5) is 0 Å². The molecule has 0 aromatic heterocycles. The molecule has 7 N–H and O–H groups in total. The number of ketones is 1. The monoisotopic (exact) mass is 641 g/mol. The number of phenols is 1. The number of ether oxygens (including phenoxy) is 1. The summed E-state index contributed by atoms with van der Waals surface area (Å²) >= 11 is 0. The minimum atomic E-state index is -0.563. The fourth-order valence-electron chi connectivity index (χ4n) is 8.59. The Kier molecular flexibility index (Phi) is 10.3. The Morgan fingerprint density at radius 3 is 2.70 bits per heavy atom. The summed E-state index contributed by atoms with van der Waals surface area (Å²) in [6.45, 7) is 3.20. The lowest BCUT2D eigenvalue weighted by Gasteiger charge is -2.35. The van der Waals surface area contributed by atoms with Crippen molar-refractivity contribution in [2.75, 3.05) is 13.3 Å². The first kappa shape index (κ1) is 33.6. The van der Waals surface area contributed by atoms with Gasteiger partial charge in [0.15, 0.2) is 11.5 Å². The number of aliphatic hydroxyl groups is 1. The number of aryl methyl sites for hydroxylation is 1. The van der Waals surface area contributed by atoms with Crippen molar-refractivity contribution in [3.63, 3.8) is 0 Å². The maximum Gasteiger partial charge on any atom is 0.227 e. The molecule has 0 amide bonds. The van der Waals surface area contributed by atoms with E-state index in [0.29, 0.717) is 37.2 Å². The molecule has 2 heterocycles. The standard InChI is InChI=1S/C39H52N4O4/c1-2-3-4-10-30(44)21-31(45)13-11-27-12-14-35(46)36(19-27)47-26-43-23-32-33(22-42-34(32)24-43)39(18-17-38(25-39)15-5-6-16-38)29-9-7-8-28(20-29)37(40)41/h7-9,12,14,19-20,22-23,30,37,44,46H,2-6,10-11,13,15-18,21,24-26,40-41H2,1H3/p+1/t30-,39+/m1/s1. The zero-order chi connectivity index (χ0) is 33.0. The molecule has 2 aromatic carbocycles. The number of carbonyl (C=O) groups excluding carboxylic acids is 1. The van der Waals surface area contributed by atoms with Crippen LogP contribution in [-0.2, 0) is 16.6 Å².